The Hall–Kier alpha value is -1.29. The van der Waals surface area contributed by atoms with Gasteiger partial charge in [0.15, 0.2) is 0 Å². The zero-order valence-electron chi connectivity index (χ0n) is 9.78. The molecule has 0 saturated carbocycles. The van der Waals surface area contributed by atoms with Crippen LogP contribution in [0.5, 0.6) is 0 Å². The minimum Gasteiger partial charge on any atom is -0.481 e. The van der Waals surface area contributed by atoms with Crippen molar-refractivity contribution in [3.05, 3.63) is 29.0 Å². The zero-order valence-corrected chi connectivity index (χ0v) is 10.5. The molecule has 0 fully saturated rings. The summed E-state index contributed by atoms with van der Waals surface area (Å²) in [6.07, 6.45) is 0.456. The third-order valence-corrected chi connectivity index (χ3v) is 2.87. The Labute approximate surface area is 105 Å². The van der Waals surface area contributed by atoms with Gasteiger partial charge < -0.3 is 10.0 Å². The van der Waals surface area contributed by atoms with Crippen LogP contribution in [-0.4, -0.2) is 24.7 Å². The van der Waals surface area contributed by atoms with Gasteiger partial charge in [-0.15, -0.1) is 0 Å². The van der Waals surface area contributed by atoms with Gasteiger partial charge in [-0.05, 0) is 24.6 Å². The molecule has 0 aromatic heterocycles. The first-order valence-corrected chi connectivity index (χ1v) is 5.68. The highest BCUT2D eigenvalue weighted by Gasteiger charge is 2.13. The number of carboxylic acids is 1. The van der Waals surface area contributed by atoms with E-state index in [1.807, 2.05) is 0 Å². The van der Waals surface area contributed by atoms with Crippen LogP contribution in [-0.2, 0) is 4.79 Å². The molecule has 0 radical (unpaired) electrons. The fourth-order valence-corrected chi connectivity index (χ4v) is 1.58. The first kappa shape index (κ1) is 13.8. The second kappa shape index (κ2) is 5.87. The molecular weight excluding hydrogens is 245 g/mol. The average Bonchev–Trinajstić information content (AvgIpc) is 2.28. The van der Waals surface area contributed by atoms with Gasteiger partial charge in [-0.3, -0.25) is 4.79 Å². The van der Waals surface area contributed by atoms with E-state index in [2.05, 4.69) is 0 Å². The number of rotatable bonds is 5. The number of hydrogen-bond acceptors (Lipinski definition) is 2. The molecule has 0 aliphatic carbocycles. The Morgan fingerprint density at radius 3 is 2.82 bits per heavy atom. The fraction of sp³-hybridized carbons (Fsp3) is 0.417. The summed E-state index contributed by atoms with van der Waals surface area (Å²) in [6.45, 7) is 2.09. The maximum Gasteiger partial charge on any atom is 0.306 e. The molecule has 5 heteroatoms. The van der Waals surface area contributed by atoms with Crippen molar-refractivity contribution in [3.63, 3.8) is 0 Å². The number of carbonyl (C=O) groups is 1. The first-order chi connectivity index (χ1) is 7.91. The molecule has 0 spiro atoms. The van der Waals surface area contributed by atoms with Crippen LogP contribution in [0.25, 0.3) is 0 Å². The van der Waals surface area contributed by atoms with Crippen LogP contribution in [0.4, 0.5) is 10.1 Å². The molecule has 1 unspecified atom stereocenters. The van der Waals surface area contributed by atoms with Crippen molar-refractivity contribution in [1.29, 1.82) is 0 Å². The van der Waals surface area contributed by atoms with Gasteiger partial charge in [-0.25, -0.2) is 4.39 Å². The van der Waals surface area contributed by atoms with Crippen molar-refractivity contribution >= 4 is 23.3 Å². The van der Waals surface area contributed by atoms with Crippen LogP contribution >= 0.6 is 11.6 Å². The standard InChI is InChI=1S/C12H15ClFNO2/c1-8(12(16)17)5-6-15(2)11-7-9(13)3-4-10(11)14/h3-4,7-8H,5-6H2,1-2H3,(H,16,17). The highest BCUT2D eigenvalue weighted by Crippen LogP contribution is 2.23. The molecule has 0 heterocycles. The Morgan fingerprint density at radius 1 is 1.59 bits per heavy atom. The molecule has 17 heavy (non-hydrogen) atoms. The summed E-state index contributed by atoms with van der Waals surface area (Å²) in [7, 11) is 1.71. The minimum absolute atomic E-state index is 0.361. The summed E-state index contributed by atoms with van der Waals surface area (Å²) < 4.78 is 13.5. The number of hydrogen-bond donors (Lipinski definition) is 1. The number of aliphatic carboxylic acids is 1. The van der Waals surface area contributed by atoms with E-state index in [9.17, 15) is 9.18 Å². The maximum absolute atomic E-state index is 13.5. The van der Waals surface area contributed by atoms with Crippen molar-refractivity contribution < 1.29 is 14.3 Å². The van der Waals surface area contributed by atoms with Gasteiger partial charge in [0.05, 0.1) is 11.6 Å². The van der Waals surface area contributed by atoms with E-state index in [-0.39, 0.29) is 5.82 Å². The van der Waals surface area contributed by atoms with Crippen molar-refractivity contribution in [2.24, 2.45) is 5.92 Å². The predicted octanol–water partition coefficient (Wildman–Crippen LogP) is 3.03. The lowest BCUT2D eigenvalue weighted by molar-refractivity contribution is -0.141. The molecule has 0 bridgehead atoms. The van der Waals surface area contributed by atoms with E-state index < -0.39 is 11.9 Å². The Balaban J connectivity index is 2.66. The number of anilines is 1. The summed E-state index contributed by atoms with van der Waals surface area (Å²) in [5, 5.41) is 9.21. The van der Waals surface area contributed by atoms with E-state index in [1.165, 1.54) is 18.2 Å². The second-order valence-corrected chi connectivity index (χ2v) is 4.48. The van der Waals surface area contributed by atoms with Crippen LogP contribution in [0.15, 0.2) is 18.2 Å². The molecule has 1 rings (SSSR count). The van der Waals surface area contributed by atoms with Gasteiger partial charge in [0.25, 0.3) is 0 Å². The topological polar surface area (TPSA) is 40.5 Å². The molecule has 0 aliphatic rings. The SMILES string of the molecule is CC(CCN(C)c1cc(Cl)ccc1F)C(=O)O. The molecule has 0 amide bonds. The van der Waals surface area contributed by atoms with Crippen LogP contribution in [0, 0.1) is 11.7 Å². The third-order valence-electron chi connectivity index (χ3n) is 2.64. The Morgan fingerprint density at radius 2 is 2.24 bits per heavy atom. The smallest absolute Gasteiger partial charge is 0.306 e. The minimum atomic E-state index is -0.843. The summed E-state index contributed by atoms with van der Waals surface area (Å²) in [5.41, 5.74) is 0.384. The largest absolute Gasteiger partial charge is 0.481 e. The highest BCUT2D eigenvalue weighted by molar-refractivity contribution is 6.30. The lowest BCUT2D eigenvalue weighted by Crippen LogP contribution is -2.23. The van der Waals surface area contributed by atoms with Crippen molar-refractivity contribution in [2.75, 3.05) is 18.5 Å². The van der Waals surface area contributed by atoms with Crippen molar-refractivity contribution in [3.8, 4) is 0 Å². The first-order valence-electron chi connectivity index (χ1n) is 5.31. The van der Waals surface area contributed by atoms with Crippen LogP contribution < -0.4 is 4.90 Å². The van der Waals surface area contributed by atoms with Gasteiger partial charge in [0.2, 0.25) is 0 Å². The Kier molecular flexibility index (Phi) is 4.75. The molecule has 0 saturated heterocycles. The predicted molar refractivity (Wildman–Crippen MR) is 66.1 cm³/mol. The third kappa shape index (κ3) is 3.89. The number of nitrogens with zero attached hydrogens (tertiary/aromatic N) is 1. The van der Waals surface area contributed by atoms with Crippen LogP contribution in [0.3, 0.4) is 0 Å². The molecular formula is C12H15ClFNO2. The zero-order chi connectivity index (χ0) is 13.0. The summed E-state index contributed by atoms with van der Waals surface area (Å²) in [5.74, 6) is -1.65. The quantitative estimate of drug-likeness (QED) is 0.884. The van der Waals surface area contributed by atoms with E-state index in [0.29, 0.717) is 23.7 Å². The second-order valence-electron chi connectivity index (χ2n) is 4.05. The van der Waals surface area contributed by atoms with Gasteiger partial charge in [-0.2, -0.15) is 0 Å². The summed E-state index contributed by atoms with van der Waals surface area (Å²) in [6, 6.07) is 4.31. The Bertz CT molecular complexity index is 411. The van der Waals surface area contributed by atoms with E-state index in [0.717, 1.165) is 0 Å². The molecule has 1 aromatic carbocycles. The normalized spacial score (nSPS) is 12.2. The number of carboxylic acid groups (broad SMARTS) is 1. The molecule has 1 N–H and O–H groups in total. The lowest BCUT2D eigenvalue weighted by Gasteiger charge is -2.21. The lowest BCUT2D eigenvalue weighted by atomic mass is 10.1. The molecule has 3 nitrogen and oxygen atoms in total. The van der Waals surface area contributed by atoms with Gasteiger partial charge in [0, 0.05) is 18.6 Å². The molecule has 94 valence electrons. The molecule has 0 aliphatic heterocycles. The fourth-order valence-electron chi connectivity index (χ4n) is 1.41. The number of benzene rings is 1. The highest BCUT2D eigenvalue weighted by atomic mass is 35.5. The molecule has 1 aromatic rings. The van der Waals surface area contributed by atoms with Crippen molar-refractivity contribution in [1.82, 2.24) is 0 Å². The van der Waals surface area contributed by atoms with Gasteiger partial charge in [-0.1, -0.05) is 18.5 Å². The monoisotopic (exact) mass is 259 g/mol. The number of halogens is 2. The summed E-state index contributed by atoms with van der Waals surface area (Å²) in [4.78, 5) is 12.3. The maximum atomic E-state index is 13.5. The average molecular weight is 260 g/mol. The van der Waals surface area contributed by atoms with Crippen LogP contribution in [0.1, 0.15) is 13.3 Å². The van der Waals surface area contributed by atoms with Crippen LogP contribution in [0.2, 0.25) is 5.02 Å². The van der Waals surface area contributed by atoms with Crippen molar-refractivity contribution in [2.45, 2.75) is 13.3 Å². The molecule has 1 atom stereocenters. The summed E-state index contributed by atoms with van der Waals surface area (Å²) >= 11 is 5.79. The van der Waals surface area contributed by atoms with Gasteiger partial charge >= 0.3 is 5.97 Å². The van der Waals surface area contributed by atoms with E-state index in [1.54, 1.807) is 18.9 Å². The van der Waals surface area contributed by atoms with E-state index in [4.69, 9.17) is 16.7 Å². The van der Waals surface area contributed by atoms with Gasteiger partial charge in [0.1, 0.15) is 5.82 Å². The van der Waals surface area contributed by atoms with E-state index >= 15 is 0 Å².